The van der Waals surface area contributed by atoms with Crippen molar-refractivity contribution in [2.24, 2.45) is 0 Å². The predicted molar refractivity (Wildman–Crippen MR) is 235 cm³/mol. The Morgan fingerprint density at radius 2 is 0.911 bits per heavy atom. The van der Waals surface area contributed by atoms with Gasteiger partial charge in [0.2, 0.25) is 0 Å². The van der Waals surface area contributed by atoms with Crippen LogP contribution in [-0.2, 0) is 5.41 Å². The fourth-order valence-corrected chi connectivity index (χ4v) is 9.85. The Kier molecular flexibility index (Phi) is 9.15. The smallest absolute Gasteiger partial charge is 0.159 e. The van der Waals surface area contributed by atoms with Crippen molar-refractivity contribution in [1.82, 2.24) is 0 Å². The highest BCUT2D eigenvalue weighted by atomic mass is 16.3. The van der Waals surface area contributed by atoms with Crippen LogP contribution in [0.2, 0.25) is 0 Å². The summed E-state index contributed by atoms with van der Waals surface area (Å²) in [7, 11) is 0. The molecule has 8 aromatic rings. The average Bonchev–Trinajstić information content (AvgIpc) is 3.93. The van der Waals surface area contributed by atoms with Crippen LogP contribution in [0.1, 0.15) is 80.4 Å². The van der Waals surface area contributed by atoms with Crippen molar-refractivity contribution in [2.45, 2.75) is 69.1 Å². The number of furan rings is 1. The molecule has 1 aromatic heterocycles. The summed E-state index contributed by atoms with van der Waals surface area (Å²) in [5.74, 6) is 0.667. The van der Waals surface area contributed by atoms with Gasteiger partial charge in [-0.1, -0.05) is 135 Å². The van der Waals surface area contributed by atoms with E-state index in [9.17, 15) is 0 Å². The average molecular weight is 729 g/mol. The van der Waals surface area contributed by atoms with Crippen molar-refractivity contribution in [3.63, 3.8) is 0 Å². The van der Waals surface area contributed by atoms with Gasteiger partial charge in [-0.05, 0) is 121 Å². The largest absolute Gasteiger partial charge is 0.454 e. The van der Waals surface area contributed by atoms with Crippen molar-refractivity contribution < 1.29 is 4.42 Å². The molecule has 0 aliphatic heterocycles. The van der Waals surface area contributed by atoms with Crippen LogP contribution in [0.3, 0.4) is 0 Å². The minimum atomic E-state index is -0.0212. The van der Waals surface area contributed by atoms with E-state index in [1.165, 1.54) is 67.3 Å². The van der Waals surface area contributed by atoms with Gasteiger partial charge in [-0.3, -0.25) is 0 Å². The second-order valence-corrected chi connectivity index (χ2v) is 15.9. The molecule has 0 radical (unpaired) electrons. The van der Waals surface area contributed by atoms with Gasteiger partial charge in [-0.25, -0.2) is 0 Å². The quantitative estimate of drug-likeness (QED) is 0.148. The number of hydrogen-bond acceptors (Lipinski definition) is 3. The fourth-order valence-electron chi connectivity index (χ4n) is 9.85. The van der Waals surface area contributed by atoms with Crippen LogP contribution >= 0.6 is 0 Å². The van der Waals surface area contributed by atoms with Crippen LogP contribution in [-0.4, -0.2) is 0 Å². The number of nitrogens with zero attached hydrogens (tertiary/aromatic N) is 2. The summed E-state index contributed by atoms with van der Waals surface area (Å²) >= 11 is 0. The summed E-state index contributed by atoms with van der Waals surface area (Å²) in [4.78, 5) is 4.75. The first-order valence-corrected chi connectivity index (χ1v) is 20.7. The zero-order valence-corrected chi connectivity index (χ0v) is 32.0. The van der Waals surface area contributed by atoms with Gasteiger partial charge in [0.05, 0.1) is 5.69 Å². The lowest BCUT2D eigenvalue weighted by Gasteiger charge is -2.33. The Morgan fingerprint density at radius 1 is 0.411 bits per heavy atom. The topological polar surface area (TPSA) is 19.6 Å². The van der Waals surface area contributed by atoms with Gasteiger partial charge in [-0.2, -0.15) is 0 Å². The van der Waals surface area contributed by atoms with E-state index in [2.05, 4.69) is 186 Å². The molecule has 2 aliphatic carbocycles. The highest BCUT2D eigenvalue weighted by Crippen LogP contribution is 2.49. The van der Waals surface area contributed by atoms with E-state index in [1.807, 2.05) is 0 Å². The Balaban J connectivity index is 1.03. The van der Waals surface area contributed by atoms with Crippen LogP contribution in [0.5, 0.6) is 0 Å². The minimum Gasteiger partial charge on any atom is -0.454 e. The van der Waals surface area contributed by atoms with Crippen LogP contribution in [0.4, 0.5) is 34.1 Å². The lowest BCUT2D eigenvalue weighted by Crippen LogP contribution is -2.24. The van der Waals surface area contributed by atoms with E-state index in [4.69, 9.17) is 4.42 Å². The van der Waals surface area contributed by atoms with Gasteiger partial charge in [0.25, 0.3) is 0 Å². The summed E-state index contributed by atoms with van der Waals surface area (Å²) < 4.78 is 6.64. The standard InChI is InChI=1S/C53H48N2O/c1-4-15-39(16-5-1)40-25-31-46(32-26-40)55(50-23-14-22-49-48-21-10-11-24-51(48)56-52(49)50)47-35-29-42(30-36-47)53(37-12-13-38-53)41-27-33-45(34-28-41)54(43-17-6-2-7-18-43)44-19-8-3-9-20-44/h2-3,6-11,14,17-36,39H,1,4-5,12-13,15-16,37-38H2. The highest BCUT2D eigenvalue weighted by molar-refractivity contribution is 6.10. The Morgan fingerprint density at radius 3 is 1.52 bits per heavy atom. The molecular formula is C53H48N2O. The van der Waals surface area contributed by atoms with Crippen molar-refractivity contribution in [1.29, 1.82) is 0 Å². The fraction of sp³-hybridized carbons (Fsp3) is 0.208. The number of fused-ring (bicyclic) bond motifs is 3. The lowest BCUT2D eigenvalue weighted by molar-refractivity contribution is 0.443. The molecule has 2 aliphatic rings. The highest BCUT2D eigenvalue weighted by Gasteiger charge is 2.37. The molecule has 7 aromatic carbocycles. The van der Waals surface area contributed by atoms with Gasteiger partial charge >= 0.3 is 0 Å². The van der Waals surface area contributed by atoms with Gasteiger partial charge in [0, 0.05) is 44.6 Å². The first kappa shape index (κ1) is 34.4. The minimum absolute atomic E-state index is 0.0212. The summed E-state index contributed by atoms with van der Waals surface area (Å²) in [6.45, 7) is 0. The van der Waals surface area contributed by atoms with Crippen LogP contribution in [0.15, 0.2) is 180 Å². The van der Waals surface area contributed by atoms with E-state index in [0.29, 0.717) is 5.92 Å². The van der Waals surface area contributed by atoms with Gasteiger partial charge in [0.15, 0.2) is 5.58 Å². The molecule has 0 saturated heterocycles. The zero-order valence-electron chi connectivity index (χ0n) is 32.0. The maximum absolute atomic E-state index is 6.64. The van der Waals surface area contributed by atoms with Crippen LogP contribution < -0.4 is 9.80 Å². The zero-order chi connectivity index (χ0) is 37.3. The maximum atomic E-state index is 6.64. The van der Waals surface area contributed by atoms with Crippen LogP contribution in [0.25, 0.3) is 21.9 Å². The van der Waals surface area contributed by atoms with Crippen molar-refractivity contribution in [3.05, 3.63) is 193 Å². The maximum Gasteiger partial charge on any atom is 0.159 e. The monoisotopic (exact) mass is 728 g/mol. The molecule has 0 unspecified atom stereocenters. The van der Waals surface area contributed by atoms with E-state index >= 15 is 0 Å². The van der Waals surface area contributed by atoms with E-state index in [0.717, 1.165) is 63.2 Å². The molecule has 10 rings (SSSR count). The lowest BCUT2D eigenvalue weighted by atomic mass is 9.73. The molecule has 2 fully saturated rings. The first-order valence-electron chi connectivity index (χ1n) is 20.7. The molecule has 0 atom stereocenters. The molecule has 56 heavy (non-hydrogen) atoms. The molecule has 0 N–H and O–H groups in total. The van der Waals surface area contributed by atoms with Crippen molar-refractivity contribution in [3.8, 4) is 0 Å². The molecule has 2 saturated carbocycles. The first-order chi connectivity index (χ1) is 27.7. The van der Waals surface area contributed by atoms with Crippen molar-refractivity contribution in [2.75, 3.05) is 9.80 Å². The third kappa shape index (κ3) is 6.26. The Bertz CT molecular complexity index is 2500. The summed E-state index contributed by atoms with van der Waals surface area (Å²) in [5, 5.41) is 2.29. The van der Waals surface area contributed by atoms with Crippen molar-refractivity contribution >= 4 is 56.1 Å². The Hall–Kier alpha value is -6.06. The summed E-state index contributed by atoms with van der Waals surface area (Å²) in [6, 6.07) is 64.6. The number of rotatable bonds is 9. The van der Waals surface area contributed by atoms with Gasteiger partial charge in [0.1, 0.15) is 5.58 Å². The number of anilines is 6. The normalized spacial score (nSPS) is 15.6. The Labute approximate surface area is 330 Å². The molecule has 0 spiro atoms. The molecule has 276 valence electrons. The second kappa shape index (κ2) is 14.9. The SMILES string of the molecule is c1ccc(N(c2ccccc2)c2ccc(C3(c4ccc(N(c5ccc(C6CCCCC6)cc5)c5cccc6c5oc5ccccc56)cc4)CCCC3)cc2)cc1. The molecule has 0 bridgehead atoms. The third-order valence-electron chi connectivity index (χ3n) is 12.7. The molecule has 0 amide bonds. The van der Waals surface area contributed by atoms with E-state index in [1.54, 1.807) is 0 Å². The summed E-state index contributed by atoms with van der Waals surface area (Å²) in [6.07, 6.45) is 11.4. The number of hydrogen-bond donors (Lipinski definition) is 0. The van der Waals surface area contributed by atoms with E-state index in [-0.39, 0.29) is 5.41 Å². The van der Waals surface area contributed by atoms with Gasteiger partial charge < -0.3 is 14.2 Å². The second-order valence-electron chi connectivity index (χ2n) is 15.9. The van der Waals surface area contributed by atoms with Gasteiger partial charge in [-0.15, -0.1) is 0 Å². The molecule has 3 nitrogen and oxygen atoms in total. The predicted octanol–water partition coefficient (Wildman–Crippen LogP) is 15.4. The summed E-state index contributed by atoms with van der Waals surface area (Å²) in [5.41, 5.74) is 12.9. The third-order valence-corrected chi connectivity index (χ3v) is 12.7. The molecule has 1 heterocycles. The molecule has 3 heteroatoms. The van der Waals surface area contributed by atoms with Crippen LogP contribution in [0, 0.1) is 0 Å². The number of benzene rings is 7. The van der Waals surface area contributed by atoms with E-state index < -0.39 is 0 Å². The number of para-hydroxylation sites is 4. The molecular weight excluding hydrogens is 681 g/mol.